The third kappa shape index (κ3) is 8.16. The van der Waals surface area contributed by atoms with E-state index >= 15 is 0 Å². The van der Waals surface area contributed by atoms with Crippen molar-refractivity contribution in [1.82, 2.24) is 0 Å². The third-order valence-electron chi connectivity index (χ3n) is 3.09. The van der Waals surface area contributed by atoms with Gasteiger partial charge in [-0.3, -0.25) is 0 Å². The molecule has 1 rings (SSSR count). The molecule has 1 aromatic carbocycles. The second kappa shape index (κ2) is 11.1. The number of benzene rings is 1. The highest BCUT2D eigenvalue weighted by Gasteiger charge is 1.94. The van der Waals surface area contributed by atoms with E-state index in [9.17, 15) is 0 Å². The van der Waals surface area contributed by atoms with Gasteiger partial charge in [0, 0.05) is 0 Å². The fourth-order valence-electron chi connectivity index (χ4n) is 2.00. The average Bonchev–Trinajstić information content (AvgIpc) is 2.42. The minimum absolute atomic E-state index is 0.833. The van der Waals surface area contributed by atoms with E-state index in [0.717, 1.165) is 25.2 Å². The first-order chi connectivity index (χ1) is 8.93. The zero-order valence-electron chi connectivity index (χ0n) is 11.5. The summed E-state index contributed by atoms with van der Waals surface area (Å²) in [5.74, 6) is 0.936. The Kier molecular flexibility index (Phi) is 9.32. The minimum Gasteiger partial charge on any atom is -0.494 e. The number of rotatable bonds is 11. The molecule has 0 bridgehead atoms. The Morgan fingerprint density at radius 3 is 2.22 bits per heavy atom. The van der Waals surface area contributed by atoms with Gasteiger partial charge in [0.1, 0.15) is 5.75 Å². The van der Waals surface area contributed by atoms with Crippen LogP contribution in [-0.2, 0) is 0 Å². The van der Waals surface area contributed by atoms with Gasteiger partial charge in [-0.2, -0.15) is 0 Å². The Morgan fingerprint density at radius 1 is 0.944 bits per heavy atom. The van der Waals surface area contributed by atoms with Crippen LogP contribution in [0.5, 0.6) is 5.75 Å². The standard InChI is InChI=1S/C17H26O/c1-2-3-4-5-6-7-8-9-13-16-18-17-14-11-10-12-15-17/h10-11,14-15H,1-9,13,16H2. The summed E-state index contributed by atoms with van der Waals surface area (Å²) in [7, 11) is 0. The van der Waals surface area contributed by atoms with E-state index in [0.29, 0.717) is 0 Å². The number of hydrogen-bond donors (Lipinski definition) is 0. The zero-order chi connectivity index (χ0) is 12.9. The Bertz CT molecular complexity index is 268. The van der Waals surface area contributed by atoms with Crippen LogP contribution >= 0.6 is 0 Å². The van der Waals surface area contributed by atoms with Crippen molar-refractivity contribution in [3.63, 3.8) is 0 Å². The van der Waals surface area contributed by atoms with Crippen molar-refractivity contribution in [1.29, 1.82) is 0 Å². The second-order valence-electron chi connectivity index (χ2n) is 4.77. The van der Waals surface area contributed by atoms with Gasteiger partial charge in [-0.1, -0.05) is 70.4 Å². The van der Waals surface area contributed by atoms with Crippen molar-refractivity contribution in [3.8, 4) is 5.75 Å². The topological polar surface area (TPSA) is 9.23 Å². The molecule has 0 N–H and O–H groups in total. The molecule has 0 saturated heterocycles. The first-order valence-corrected chi connectivity index (χ1v) is 7.31. The maximum absolute atomic E-state index is 5.63. The van der Waals surface area contributed by atoms with Gasteiger partial charge in [0.05, 0.1) is 6.61 Å². The predicted octanol–water partition coefficient (Wildman–Crippen LogP) is 5.21. The monoisotopic (exact) mass is 246 g/mol. The first-order valence-electron chi connectivity index (χ1n) is 7.31. The fraction of sp³-hybridized carbons (Fsp3) is 0.588. The summed E-state index contributed by atoms with van der Waals surface area (Å²) in [6.45, 7) is 4.69. The SMILES string of the molecule is [CH2]CCCCCCCCCCOc1c[c]ccc1. The lowest BCUT2D eigenvalue weighted by atomic mass is 10.1. The largest absolute Gasteiger partial charge is 0.494 e. The molecule has 0 aromatic heterocycles. The predicted molar refractivity (Wildman–Crippen MR) is 77.7 cm³/mol. The van der Waals surface area contributed by atoms with Crippen LogP contribution in [0.15, 0.2) is 24.3 Å². The molecular formula is C17H26O. The van der Waals surface area contributed by atoms with Gasteiger partial charge in [-0.25, -0.2) is 0 Å². The van der Waals surface area contributed by atoms with E-state index in [4.69, 9.17) is 4.74 Å². The molecule has 0 amide bonds. The summed E-state index contributed by atoms with van der Waals surface area (Å²) < 4.78 is 5.63. The lowest BCUT2D eigenvalue weighted by molar-refractivity contribution is 0.304. The molecule has 0 aliphatic carbocycles. The molecule has 100 valence electrons. The van der Waals surface area contributed by atoms with Crippen molar-refractivity contribution >= 4 is 0 Å². The van der Waals surface area contributed by atoms with Gasteiger partial charge in [0.25, 0.3) is 0 Å². The Labute approximate surface area is 113 Å². The van der Waals surface area contributed by atoms with E-state index in [2.05, 4.69) is 13.0 Å². The molecular weight excluding hydrogens is 220 g/mol. The molecule has 0 aliphatic rings. The van der Waals surface area contributed by atoms with Gasteiger partial charge >= 0.3 is 0 Å². The molecule has 1 aromatic rings. The first kappa shape index (κ1) is 15.1. The van der Waals surface area contributed by atoms with Gasteiger partial charge in [0.15, 0.2) is 0 Å². The number of hydrogen-bond acceptors (Lipinski definition) is 1. The smallest absolute Gasteiger partial charge is 0.119 e. The van der Waals surface area contributed by atoms with Crippen LogP contribution in [-0.4, -0.2) is 6.61 Å². The van der Waals surface area contributed by atoms with E-state index < -0.39 is 0 Å². The molecule has 0 atom stereocenters. The molecule has 0 fully saturated rings. The van der Waals surface area contributed by atoms with Gasteiger partial charge in [0.2, 0.25) is 0 Å². The van der Waals surface area contributed by atoms with E-state index in [1.807, 2.05) is 24.3 Å². The maximum atomic E-state index is 5.63. The zero-order valence-corrected chi connectivity index (χ0v) is 11.5. The summed E-state index contributed by atoms with van der Waals surface area (Å²) in [6, 6.07) is 10.7. The van der Waals surface area contributed by atoms with E-state index in [-0.39, 0.29) is 0 Å². The van der Waals surface area contributed by atoms with E-state index in [1.165, 1.54) is 44.9 Å². The highest BCUT2D eigenvalue weighted by molar-refractivity contribution is 5.19. The van der Waals surface area contributed by atoms with Crippen LogP contribution in [0, 0.1) is 13.0 Å². The van der Waals surface area contributed by atoms with Gasteiger partial charge in [-0.05, 0) is 24.6 Å². The fourth-order valence-corrected chi connectivity index (χ4v) is 2.00. The molecule has 0 spiro atoms. The quantitative estimate of drug-likeness (QED) is 0.487. The Balaban J connectivity index is 1.82. The molecule has 1 heteroatoms. The van der Waals surface area contributed by atoms with E-state index in [1.54, 1.807) is 0 Å². The summed E-state index contributed by atoms with van der Waals surface area (Å²) >= 11 is 0. The Hall–Kier alpha value is -0.980. The molecule has 0 saturated carbocycles. The molecule has 1 nitrogen and oxygen atoms in total. The normalized spacial score (nSPS) is 10.5. The van der Waals surface area contributed by atoms with Gasteiger partial charge in [-0.15, -0.1) is 0 Å². The summed E-state index contributed by atoms with van der Waals surface area (Å²) in [6.07, 6.45) is 11.7. The third-order valence-corrected chi connectivity index (χ3v) is 3.09. The molecule has 0 aliphatic heterocycles. The summed E-state index contributed by atoms with van der Waals surface area (Å²) in [5, 5.41) is 0. The highest BCUT2D eigenvalue weighted by Crippen LogP contribution is 2.11. The Morgan fingerprint density at radius 2 is 1.61 bits per heavy atom. The van der Waals surface area contributed by atoms with Crippen LogP contribution in [0.4, 0.5) is 0 Å². The molecule has 0 heterocycles. The van der Waals surface area contributed by atoms with Crippen molar-refractivity contribution in [2.45, 2.75) is 57.8 Å². The van der Waals surface area contributed by atoms with Crippen LogP contribution < -0.4 is 4.74 Å². The minimum atomic E-state index is 0.833. The van der Waals surface area contributed by atoms with Crippen LogP contribution in [0.25, 0.3) is 0 Å². The van der Waals surface area contributed by atoms with Crippen LogP contribution in [0.2, 0.25) is 0 Å². The van der Waals surface area contributed by atoms with Crippen molar-refractivity contribution in [2.24, 2.45) is 0 Å². The number of ether oxygens (including phenoxy) is 1. The second-order valence-corrected chi connectivity index (χ2v) is 4.77. The lowest BCUT2D eigenvalue weighted by Crippen LogP contribution is -1.96. The lowest BCUT2D eigenvalue weighted by Gasteiger charge is -2.05. The highest BCUT2D eigenvalue weighted by atomic mass is 16.5. The molecule has 2 radical (unpaired) electrons. The van der Waals surface area contributed by atoms with Gasteiger partial charge < -0.3 is 4.74 Å². The average molecular weight is 246 g/mol. The van der Waals surface area contributed by atoms with Crippen LogP contribution in [0.1, 0.15) is 57.8 Å². The maximum Gasteiger partial charge on any atom is 0.119 e. The molecule has 18 heavy (non-hydrogen) atoms. The van der Waals surface area contributed by atoms with Crippen molar-refractivity contribution in [3.05, 3.63) is 37.3 Å². The van der Waals surface area contributed by atoms with Crippen molar-refractivity contribution in [2.75, 3.05) is 6.61 Å². The van der Waals surface area contributed by atoms with Crippen LogP contribution in [0.3, 0.4) is 0 Å². The summed E-state index contributed by atoms with van der Waals surface area (Å²) in [5.41, 5.74) is 0. The van der Waals surface area contributed by atoms with Crippen molar-refractivity contribution < 1.29 is 4.74 Å². The summed E-state index contributed by atoms with van der Waals surface area (Å²) in [4.78, 5) is 0. The number of unbranched alkanes of at least 4 members (excludes halogenated alkanes) is 8. The molecule has 0 unspecified atom stereocenters.